The van der Waals surface area contributed by atoms with Gasteiger partial charge in [-0.05, 0) is 35.7 Å². The first-order valence-corrected chi connectivity index (χ1v) is 9.35. The molecule has 7 nitrogen and oxygen atoms in total. The predicted octanol–water partition coefficient (Wildman–Crippen LogP) is 2.54. The summed E-state index contributed by atoms with van der Waals surface area (Å²) in [6.45, 7) is 0.499. The first-order chi connectivity index (χ1) is 12.4. The fraction of sp³-hybridized carbons (Fsp3) is 0.167. The summed E-state index contributed by atoms with van der Waals surface area (Å²) in [5.41, 5.74) is 2.42. The molecule has 0 unspecified atom stereocenters. The van der Waals surface area contributed by atoms with Crippen molar-refractivity contribution in [1.82, 2.24) is 10.3 Å². The number of alkyl carbamates (subject to hydrolysis) is 1. The van der Waals surface area contributed by atoms with Crippen molar-refractivity contribution in [2.24, 2.45) is 0 Å². The van der Waals surface area contributed by atoms with Crippen molar-refractivity contribution in [2.75, 3.05) is 6.54 Å². The van der Waals surface area contributed by atoms with E-state index >= 15 is 0 Å². The van der Waals surface area contributed by atoms with Crippen LogP contribution in [0.3, 0.4) is 0 Å². The second kappa shape index (κ2) is 7.59. The molecule has 1 heterocycles. The topological polar surface area (TPSA) is 111 Å². The Balaban J connectivity index is 1.57. The van der Waals surface area contributed by atoms with Gasteiger partial charge < -0.3 is 19.6 Å². The Kier molecular flexibility index (Phi) is 5.24. The van der Waals surface area contributed by atoms with Gasteiger partial charge in [-0.2, -0.15) is 0 Å². The van der Waals surface area contributed by atoms with Gasteiger partial charge in [0.15, 0.2) is 0 Å². The number of nitrogens with one attached hydrogen (secondary N) is 2. The lowest BCUT2D eigenvalue weighted by Gasteiger charge is -2.08. The highest BCUT2D eigenvalue weighted by molar-refractivity contribution is 7.85. The maximum atomic E-state index is 11.7. The van der Waals surface area contributed by atoms with E-state index in [4.69, 9.17) is 4.74 Å². The van der Waals surface area contributed by atoms with Gasteiger partial charge in [0.25, 0.3) is 0 Å². The molecule has 1 amide bonds. The summed E-state index contributed by atoms with van der Waals surface area (Å²) in [4.78, 5) is 14.5. The van der Waals surface area contributed by atoms with Crippen molar-refractivity contribution < 1.29 is 22.5 Å². The number of aromatic amines is 1. The molecule has 1 aromatic heterocycles. The molecular weight excluding hydrogens is 356 g/mol. The largest absolute Gasteiger partial charge is 0.744 e. The average molecular weight is 373 g/mol. The monoisotopic (exact) mass is 373 g/mol. The molecule has 2 aromatic carbocycles. The van der Waals surface area contributed by atoms with E-state index in [0.717, 1.165) is 16.6 Å². The van der Waals surface area contributed by atoms with Gasteiger partial charge in [0, 0.05) is 23.6 Å². The van der Waals surface area contributed by atoms with Gasteiger partial charge in [0.05, 0.1) is 4.90 Å². The molecule has 26 heavy (non-hydrogen) atoms. The lowest BCUT2D eigenvalue weighted by atomic mass is 10.1. The molecule has 0 bridgehead atoms. The lowest BCUT2D eigenvalue weighted by Crippen LogP contribution is -2.26. The first kappa shape index (κ1) is 18.0. The molecule has 0 fully saturated rings. The summed E-state index contributed by atoms with van der Waals surface area (Å²) in [7, 11) is -4.51. The number of rotatable bonds is 6. The van der Waals surface area contributed by atoms with Gasteiger partial charge in [0.2, 0.25) is 0 Å². The number of carbonyl (C=O) groups excluding carboxylic acids is 1. The summed E-state index contributed by atoms with van der Waals surface area (Å²) in [6, 6.07) is 13.5. The van der Waals surface area contributed by atoms with E-state index < -0.39 is 16.2 Å². The number of hydrogen-bond acceptors (Lipinski definition) is 5. The molecule has 0 aliphatic rings. The molecule has 0 atom stereocenters. The molecule has 0 saturated carbocycles. The molecule has 136 valence electrons. The van der Waals surface area contributed by atoms with Crippen molar-refractivity contribution in [3.63, 3.8) is 0 Å². The molecule has 0 spiro atoms. The number of benzene rings is 2. The van der Waals surface area contributed by atoms with Gasteiger partial charge >= 0.3 is 6.09 Å². The fourth-order valence-electron chi connectivity index (χ4n) is 2.59. The SMILES string of the molecule is O=C(NCCc1c[nH]c2ccc(S(=O)(=O)[O-])cc12)OCc1ccccc1. The quantitative estimate of drug-likeness (QED) is 0.645. The van der Waals surface area contributed by atoms with Crippen LogP contribution in [-0.2, 0) is 27.9 Å². The number of ether oxygens (including phenoxy) is 1. The Labute approximate surface area is 150 Å². The summed E-state index contributed by atoms with van der Waals surface area (Å²) in [5, 5.41) is 3.29. The van der Waals surface area contributed by atoms with Gasteiger partial charge in [-0.15, -0.1) is 0 Å². The van der Waals surface area contributed by atoms with Crippen molar-refractivity contribution >= 4 is 27.1 Å². The van der Waals surface area contributed by atoms with E-state index in [2.05, 4.69) is 10.3 Å². The third-order valence-electron chi connectivity index (χ3n) is 3.90. The maximum Gasteiger partial charge on any atom is 0.407 e. The van der Waals surface area contributed by atoms with Crippen LogP contribution in [0.25, 0.3) is 10.9 Å². The predicted molar refractivity (Wildman–Crippen MR) is 94.6 cm³/mol. The lowest BCUT2D eigenvalue weighted by molar-refractivity contribution is 0.140. The van der Waals surface area contributed by atoms with Crippen molar-refractivity contribution in [2.45, 2.75) is 17.9 Å². The Morgan fingerprint density at radius 1 is 1.15 bits per heavy atom. The number of fused-ring (bicyclic) bond motifs is 1. The molecule has 0 radical (unpaired) electrons. The Morgan fingerprint density at radius 2 is 1.92 bits per heavy atom. The van der Waals surface area contributed by atoms with E-state index in [-0.39, 0.29) is 11.5 Å². The standard InChI is InChI=1S/C18H18N2O5S/c21-18(25-12-13-4-2-1-3-5-13)19-9-8-14-11-20-17-7-6-15(10-16(14)17)26(22,23)24/h1-7,10-11,20H,8-9,12H2,(H,19,21)(H,22,23,24)/p-1. The van der Waals surface area contributed by atoms with Crippen LogP contribution >= 0.6 is 0 Å². The van der Waals surface area contributed by atoms with Crippen molar-refractivity contribution in [1.29, 1.82) is 0 Å². The van der Waals surface area contributed by atoms with Crippen LogP contribution in [0.5, 0.6) is 0 Å². The zero-order chi connectivity index (χ0) is 18.6. The summed E-state index contributed by atoms with van der Waals surface area (Å²) in [6.07, 6.45) is 1.66. The molecule has 0 aliphatic carbocycles. The summed E-state index contributed by atoms with van der Waals surface area (Å²) in [5.74, 6) is 0. The average Bonchev–Trinajstić information content (AvgIpc) is 3.02. The van der Waals surface area contributed by atoms with Crippen LogP contribution in [0.2, 0.25) is 0 Å². The molecular formula is C18H17N2O5S-. The second-order valence-electron chi connectivity index (χ2n) is 5.71. The van der Waals surface area contributed by atoms with Crippen LogP contribution in [0.1, 0.15) is 11.1 Å². The molecule has 2 N–H and O–H groups in total. The Hall–Kier alpha value is -2.84. The van der Waals surface area contributed by atoms with Crippen molar-refractivity contribution in [3.8, 4) is 0 Å². The minimum atomic E-state index is -4.51. The fourth-order valence-corrected chi connectivity index (χ4v) is 3.09. The van der Waals surface area contributed by atoms with E-state index in [1.807, 2.05) is 30.3 Å². The van der Waals surface area contributed by atoms with E-state index in [0.29, 0.717) is 18.4 Å². The van der Waals surface area contributed by atoms with Crippen LogP contribution in [0.15, 0.2) is 59.6 Å². The van der Waals surface area contributed by atoms with Gasteiger partial charge in [-0.3, -0.25) is 0 Å². The highest BCUT2D eigenvalue weighted by atomic mass is 32.2. The number of hydrogen-bond donors (Lipinski definition) is 2. The van der Waals surface area contributed by atoms with E-state index in [9.17, 15) is 17.8 Å². The summed E-state index contributed by atoms with van der Waals surface area (Å²) >= 11 is 0. The van der Waals surface area contributed by atoms with Crippen LogP contribution in [0.4, 0.5) is 4.79 Å². The highest BCUT2D eigenvalue weighted by Crippen LogP contribution is 2.22. The minimum absolute atomic E-state index is 0.185. The van der Waals surface area contributed by atoms with E-state index in [1.54, 1.807) is 12.3 Å². The third-order valence-corrected chi connectivity index (χ3v) is 4.74. The van der Waals surface area contributed by atoms with Crippen LogP contribution in [-0.4, -0.2) is 30.6 Å². The highest BCUT2D eigenvalue weighted by Gasteiger charge is 2.09. The molecule has 3 aromatic rings. The Morgan fingerprint density at radius 3 is 2.65 bits per heavy atom. The number of amides is 1. The minimum Gasteiger partial charge on any atom is -0.744 e. The zero-order valence-corrected chi connectivity index (χ0v) is 14.6. The molecule has 8 heteroatoms. The number of H-pyrrole nitrogens is 1. The molecule has 0 aliphatic heterocycles. The summed E-state index contributed by atoms with van der Waals surface area (Å²) < 4.78 is 38.6. The van der Waals surface area contributed by atoms with Crippen LogP contribution in [0, 0.1) is 0 Å². The zero-order valence-electron chi connectivity index (χ0n) is 13.8. The first-order valence-electron chi connectivity index (χ1n) is 7.94. The number of carbonyl (C=O) groups is 1. The maximum absolute atomic E-state index is 11.7. The third kappa shape index (κ3) is 4.41. The normalized spacial score (nSPS) is 11.4. The van der Waals surface area contributed by atoms with Gasteiger partial charge in [-0.25, -0.2) is 13.2 Å². The molecule has 3 rings (SSSR count). The van der Waals surface area contributed by atoms with Gasteiger partial charge in [-0.1, -0.05) is 30.3 Å². The second-order valence-corrected chi connectivity index (χ2v) is 7.09. The number of aromatic nitrogens is 1. The Bertz CT molecular complexity index is 1010. The smallest absolute Gasteiger partial charge is 0.407 e. The van der Waals surface area contributed by atoms with Gasteiger partial charge in [0.1, 0.15) is 16.7 Å². The van der Waals surface area contributed by atoms with Crippen molar-refractivity contribution in [3.05, 3.63) is 65.9 Å². The van der Waals surface area contributed by atoms with E-state index in [1.165, 1.54) is 12.1 Å². The van der Waals surface area contributed by atoms with Crippen LogP contribution < -0.4 is 5.32 Å². The molecule has 0 saturated heterocycles.